The molecule has 2 fully saturated rings. The fraction of sp³-hybridized carbons (Fsp3) is 0.478. The van der Waals surface area contributed by atoms with E-state index in [1.165, 1.54) is 31.2 Å². The van der Waals surface area contributed by atoms with Crippen molar-refractivity contribution >= 4 is 5.91 Å². The molecule has 1 atom stereocenters. The Balaban J connectivity index is 1.40. The lowest BCUT2D eigenvalue weighted by Gasteiger charge is -2.37. The van der Waals surface area contributed by atoms with Gasteiger partial charge >= 0.3 is 0 Å². The highest BCUT2D eigenvalue weighted by Crippen LogP contribution is 2.38. The number of hydrogen-bond donors (Lipinski definition) is 0. The Hall–Kier alpha value is -2.20. The largest absolute Gasteiger partial charge is 0.340 e. The van der Waals surface area contributed by atoms with Crippen LogP contribution < -0.4 is 0 Å². The molecule has 2 heterocycles. The summed E-state index contributed by atoms with van der Waals surface area (Å²) in [5, 5.41) is 0. The standard InChI is InChI=1S/C23H29N3O/c27-23(22(20-10-4-5-11-20)19-8-2-1-3-9-19)26-16-14-25(15-17-26)18-21-12-6-7-13-24-21/h1-3,6-9,12-13,20,22H,4-5,10-11,14-18H2/t22-/m0/s1. The van der Waals surface area contributed by atoms with Gasteiger partial charge in [-0.15, -0.1) is 0 Å². The second kappa shape index (κ2) is 8.66. The van der Waals surface area contributed by atoms with E-state index in [1.54, 1.807) is 0 Å². The van der Waals surface area contributed by atoms with Crippen molar-refractivity contribution in [1.29, 1.82) is 0 Å². The molecule has 0 spiro atoms. The van der Waals surface area contributed by atoms with Crippen LogP contribution in [-0.2, 0) is 11.3 Å². The zero-order valence-electron chi connectivity index (χ0n) is 16.0. The average molecular weight is 364 g/mol. The molecular weight excluding hydrogens is 334 g/mol. The highest BCUT2D eigenvalue weighted by Gasteiger charge is 2.35. The third-order valence-corrected chi connectivity index (χ3v) is 6.09. The summed E-state index contributed by atoms with van der Waals surface area (Å²) in [5.41, 5.74) is 2.30. The van der Waals surface area contributed by atoms with Crippen LogP contribution in [0.15, 0.2) is 54.7 Å². The van der Waals surface area contributed by atoms with Gasteiger partial charge in [-0.05, 0) is 36.5 Å². The van der Waals surface area contributed by atoms with Crippen molar-refractivity contribution in [1.82, 2.24) is 14.8 Å². The van der Waals surface area contributed by atoms with E-state index >= 15 is 0 Å². The fourth-order valence-electron chi connectivity index (χ4n) is 4.61. The Kier molecular flexibility index (Phi) is 5.83. The van der Waals surface area contributed by atoms with E-state index in [1.807, 2.05) is 24.4 Å². The van der Waals surface area contributed by atoms with Crippen LogP contribution in [0.3, 0.4) is 0 Å². The third-order valence-electron chi connectivity index (χ3n) is 6.09. The summed E-state index contributed by atoms with van der Waals surface area (Å²) in [7, 11) is 0. The van der Waals surface area contributed by atoms with Crippen LogP contribution in [0, 0.1) is 5.92 Å². The summed E-state index contributed by atoms with van der Waals surface area (Å²) in [4.78, 5) is 22.4. The maximum absolute atomic E-state index is 13.4. The second-order valence-electron chi connectivity index (χ2n) is 7.86. The molecule has 0 radical (unpaired) electrons. The zero-order chi connectivity index (χ0) is 18.5. The number of benzene rings is 1. The van der Waals surface area contributed by atoms with E-state index in [2.05, 4.69) is 45.1 Å². The number of aromatic nitrogens is 1. The van der Waals surface area contributed by atoms with Gasteiger partial charge in [0, 0.05) is 38.9 Å². The molecule has 1 aromatic heterocycles. The second-order valence-corrected chi connectivity index (χ2v) is 7.86. The Morgan fingerprint density at radius 2 is 1.67 bits per heavy atom. The van der Waals surface area contributed by atoms with Crippen LogP contribution in [0.5, 0.6) is 0 Å². The van der Waals surface area contributed by atoms with E-state index < -0.39 is 0 Å². The number of rotatable bonds is 5. The minimum atomic E-state index is 0.0380. The molecule has 1 aliphatic carbocycles. The number of hydrogen-bond acceptors (Lipinski definition) is 3. The summed E-state index contributed by atoms with van der Waals surface area (Å²) in [6.07, 6.45) is 6.75. The molecule has 1 amide bonds. The van der Waals surface area contributed by atoms with Gasteiger partial charge in [-0.2, -0.15) is 0 Å². The Bertz CT molecular complexity index is 720. The third kappa shape index (κ3) is 4.38. The van der Waals surface area contributed by atoms with Gasteiger partial charge in [0.05, 0.1) is 11.6 Å². The van der Waals surface area contributed by atoms with E-state index in [9.17, 15) is 4.79 Å². The molecule has 27 heavy (non-hydrogen) atoms. The Morgan fingerprint density at radius 1 is 0.963 bits per heavy atom. The van der Waals surface area contributed by atoms with Crippen LogP contribution in [0.2, 0.25) is 0 Å². The number of nitrogens with zero attached hydrogens (tertiary/aromatic N) is 3. The monoisotopic (exact) mass is 363 g/mol. The maximum atomic E-state index is 13.4. The van der Waals surface area contributed by atoms with Crippen LogP contribution in [0.4, 0.5) is 0 Å². The molecule has 1 aromatic carbocycles. The molecule has 142 valence electrons. The molecule has 0 unspecified atom stereocenters. The van der Waals surface area contributed by atoms with Gasteiger partial charge in [0.25, 0.3) is 0 Å². The van der Waals surface area contributed by atoms with Crippen molar-refractivity contribution in [2.24, 2.45) is 5.92 Å². The SMILES string of the molecule is O=C([C@@H](c1ccccc1)C1CCCC1)N1CCN(Cc2ccccn2)CC1. The smallest absolute Gasteiger partial charge is 0.230 e. The van der Waals surface area contributed by atoms with E-state index in [0.29, 0.717) is 11.8 Å². The molecule has 0 bridgehead atoms. The number of piperazine rings is 1. The van der Waals surface area contributed by atoms with Gasteiger partial charge < -0.3 is 4.90 Å². The molecule has 0 N–H and O–H groups in total. The van der Waals surface area contributed by atoms with Crippen LogP contribution in [0.1, 0.15) is 42.9 Å². The predicted octanol–water partition coefficient (Wildman–Crippen LogP) is 3.70. The van der Waals surface area contributed by atoms with Gasteiger partial charge in [-0.25, -0.2) is 0 Å². The van der Waals surface area contributed by atoms with Crippen molar-refractivity contribution in [3.05, 3.63) is 66.0 Å². The van der Waals surface area contributed by atoms with E-state index in [-0.39, 0.29) is 5.92 Å². The van der Waals surface area contributed by atoms with E-state index in [4.69, 9.17) is 0 Å². The summed E-state index contributed by atoms with van der Waals surface area (Å²) in [6.45, 7) is 4.36. The average Bonchev–Trinajstić information content (AvgIpc) is 3.24. The van der Waals surface area contributed by atoms with Gasteiger partial charge in [0.15, 0.2) is 0 Å². The molecule has 4 nitrogen and oxygen atoms in total. The van der Waals surface area contributed by atoms with Crippen molar-refractivity contribution in [2.45, 2.75) is 38.1 Å². The summed E-state index contributed by atoms with van der Waals surface area (Å²) < 4.78 is 0. The van der Waals surface area contributed by atoms with Gasteiger partial charge in [0.2, 0.25) is 5.91 Å². The molecule has 1 saturated heterocycles. The van der Waals surface area contributed by atoms with Crippen molar-refractivity contribution in [3.8, 4) is 0 Å². The van der Waals surface area contributed by atoms with Gasteiger partial charge in [-0.3, -0.25) is 14.7 Å². The number of amides is 1. The van der Waals surface area contributed by atoms with Crippen molar-refractivity contribution < 1.29 is 4.79 Å². The van der Waals surface area contributed by atoms with Crippen LogP contribution >= 0.6 is 0 Å². The Morgan fingerprint density at radius 3 is 2.33 bits per heavy atom. The first-order chi connectivity index (χ1) is 13.3. The lowest BCUT2D eigenvalue weighted by atomic mass is 9.83. The van der Waals surface area contributed by atoms with E-state index in [0.717, 1.165) is 38.4 Å². The summed E-state index contributed by atoms with van der Waals surface area (Å²) in [5.74, 6) is 0.882. The summed E-state index contributed by atoms with van der Waals surface area (Å²) >= 11 is 0. The van der Waals surface area contributed by atoms with Crippen molar-refractivity contribution in [2.75, 3.05) is 26.2 Å². The highest BCUT2D eigenvalue weighted by molar-refractivity contribution is 5.84. The first kappa shape index (κ1) is 18.2. The number of pyridine rings is 1. The highest BCUT2D eigenvalue weighted by atomic mass is 16.2. The van der Waals surface area contributed by atoms with Crippen molar-refractivity contribution in [3.63, 3.8) is 0 Å². The Labute approximate surface area is 162 Å². The lowest BCUT2D eigenvalue weighted by Crippen LogP contribution is -2.50. The lowest BCUT2D eigenvalue weighted by molar-refractivity contribution is -0.136. The summed E-state index contributed by atoms with van der Waals surface area (Å²) in [6, 6.07) is 16.5. The first-order valence-electron chi connectivity index (χ1n) is 10.3. The predicted molar refractivity (Wildman–Crippen MR) is 107 cm³/mol. The van der Waals surface area contributed by atoms with Gasteiger partial charge in [0.1, 0.15) is 0 Å². The normalized spacial score (nSPS) is 19.9. The first-order valence-corrected chi connectivity index (χ1v) is 10.3. The molecule has 4 rings (SSSR count). The number of carbonyl (C=O) groups excluding carboxylic acids is 1. The fourth-order valence-corrected chi connectivity index (χ4v) is 4.61. The molecule has 2 aliphatic rings. The minimum absolute atomic E-state index is 0.0380. The van der Waals surface area contributed by atoms with Crippen LogP contribution in [0.25, 0.3) is 0 Å². The maximum Gasteiger partial charge on any atom is 0.230 e. The molecule has 2 aromatic rings. The quantitative estimate of drug-likeness (QED) is 0.813. The van der Waals surface area contributed by atoms with Gasteiger partial charge in [-0.1, -0.05) is 49.2 Å². The number of carbonyl (C=O) groups is 1. The van der Waals surface area contributed by atoms with Crippen LogP contribution in [-0.4, -0.2) is 46.9 Å². The zero-order valence-corrected chi connectivity index (χ0v) is 16.0. The minimum Gasteiger partial charge on any atom is -0.340 e. The molecule has 1 aliphatic heterocycles. The molecular formula is C23H29N3O. The molecule has 1 saturated carbocycles. The molecule has 4 heteroatoms. The topological polar surface area (TPSA) is 36.4 Å².